The van der Waals surface area contributed by atoms with Crippen LogP contribution in [0.1, 0.15) is 10.4 Å². The molecule has 1 aromatic heterocycles. The molecule has 7 nitrogen and oxygen atoms in total. The van der Waals surface area contributed by atoms with Gasteiger partial charge in [-0.2, -0.15) is 0 Å². The van der Waals surface area contributed by atoms with Crippen molar-refractivity contribution in [2.24, 2.45) is 0 Å². The van der Waals surface area contributed by atoms with Crippen LogP contribution in [-0.4, -0.2) is 63.5 Å². The zero-order valence-electron chi connectivity index (χ0n) is 17.4. The Bertz CT molecular complexity index is 1070. The van der Waals surface area contributed by atoms with Gasteiger partial charge in [0, 0.05) is 49.0 Å². The number of rotatable bonds is 4. The van der Waals surface area contributed by atoms with Gasteiger partial charge in [0.1, 0.15) is 0 Å². The first-order valence-corrected chi connectivity index (χ1v) is 10.7. The number of morpholine rings is 2. The minimum Gasteiger partial charge on any atom is -0.378 e. The molecule has 2 aliphatic heterocycles. The highest BCUT2D eigenvalue weighted by molar-refractivity contribution is 6.13. The summed E-state index contributed by atoms with van der Waals surface area (Å²) in [6.45, 7) is 6.19. The Morgan fingerprint density at radius 1 is 0.871 bits per heavy atom. The number of fused-ring (bicyclic) bond motifs is 1. The number of pyridine rings is 1. The summed E-state index contributed by atoms with van der Waals surface area (Å²) in [4.78, 5) is 22.2. The van der Waals surface area contributed by atoms with Crippen LogP contribution in [0.3, 0.4) is 0 Å². The molecule has 0 radical (unpaired) electrons. The Hall–Kier alpha value is -3.16. The molecule has 1 amide bonds. The van der Waals surface area contributed by atoms with Crippen molar-refractivity contribution in [3.05, 3.63) is 60.3 Å². The van der Waals surface area contributed by atoms with E-state index in [1.807, 2.05) is 36.4 Å². The van der Waals surface area contributed by atoms with Gasteiger partial charge < -0.3 is 24.6 Å². The Morgan fingerprint density at radius 2 is 1.61 bits per heavy atom. The highest BCUT2D eigenvalue weighted by Gasteiger charge is 2.20. The molecular weight excluding hydrogens is 392 g/mol. The summed E-state index contributed by atoms with van der Waals surface area (Å²) in [6.07, 6.45) is 1.74. The summed E-state index contributed by atoms with van der Waals surface area (Å²) in [7, 11) is 0. The molecule has 2 fully saturated rings. The van der Waals surface area contributed by atoms with Gasteiger partial charge in [0.25, 0.3) is 5.91 Å². The van der Waals surface area contributed by atoms with Gasteiger partial charge in [0.05, 0.1) is 43.3 Å². The second kappa shape index (κ2) is 8.91. The Labute approximate surface area is 181 Å². The van der Waals surface area contributed by atoms with E-state index in [4.69, 9.17) is 9.47 Å². The van der Waals surface area contributed by atoms with Crippen molar-refractivity contribution in [2.75, 3.05) is 67.7 Å². The molecule has 5 rings (SSSR count). The van der Waals surface area contributed by atoms with E-state index in [0.29, 0.717) is 18.8 Å². The third-order valence-corrected chi connectivity index (χ3v) is 5.85. The van der Waals surface area contributed by atoms with Gasteiger partial charge in [-0.1, -0.05) is 12.1 Å². The average Bonchev–Trinajstić information content (AvgIpc) is 2.85. The van der Waals surface area contributed by atoms with Crippen LogP contribution in [0, 0.1) is 0 Å². The van der Waals surface area contributed by atoms with Crippen LogP contribution in [0.4, 0.5) is 17.1 Å². The lowest BCUT2D eigenvalue weighted by Gasteiger charge is -2.33. The predicted molar refractivity (Wildman–Crippen MR) is 122 cm³/mol. The zero-order valence-corrected chi connectivity index (χ0v) is 17.4. The zero-order chi connectivity index (χ0) is 21.0. The van der Waals surface area contributed by atoms with E-state index in [9.17, 15) is 4.79 Å². The Balaban J connectivity index is 1.47. The first-order valence-electron chi connectivity index (χ1n) is 10.7. The van der Waals surface area contributed by atoms with Crippen LogP contribution in [0.15, 0.2) is 54.7 Å². The number of nitrogens with one attached hydrogen (secondary N) is 1. The standard InChI is InChI=1S/C24H26N4O3/c29-24(20-3-1-5-21-19(20)4-2-8-25-21)26-22-7-6-18(27-9-13-30-14-10-27)17-23(22)28-11-15-31-16-12-28/h1-8,17H,9-16H2,(H,26,29). The molecule has 2 aromatic carbocycles. The number of carbonyl (C=O) groups excluding carboxylic acids is 1. The van der Waals surface area contributed by atoms with Crippen molar-refractivity contribution in [2.45, 2.75) is 0 Å². The predicted octanol–water partition coefficient (Wildman–Crippen LogP) is 3.16. The van der Waals surface area contributed by atoms with Crippen molar-refractivity contribution < 1.29 is 14.3 Å². The maximum atomic E-state index is 13.2. The molecular formula is C24H26N4O3. The van der Waals surface area contributed by atoms with Gasteiger partial charge in [0.15, 0.2) is 0 Å². The second-order valence-corrected chi connectivity index (χ2v) is 7.73. The summed E-state index contributed by atoms with van der Waals surface area (Å²) < 4.78 is 11.0. The largest absolute Gasteiger partial charge is 0.378 e. The molecule has 0 bridgehead atoms. The van der Waals surface area contributed by atoms with Crippen molar-refractivity contribution in [1.29, 1.82) is 0 Å². The molecule has 0 unspecified atom stereocenters. The minimum absolute atomic E-state index is 0.132. The van der Waals surface area contributed by atoms with Crippen molar-refractivity contribution in [1.82, 2.24) is 4.98 Å². The number of benzene rings is 2. The van der Waals surface area contributed by atoms with E-state index in [1.165, 1.54) is 0 Å². The van der Waals surface area contributed by atoms with Gasteiger partial charge in [-0.25, -0.2) is 0 Å². The molecule has 160 valence electrons. The van der Waals surface area contributed by atoms with Crippen LogP contribution in [-0.2, 0) is 9.47 Å². The molecule has 2 saturated heterocycles. The number of amides is 1. The van der Waals surface area contributed by atoms with Gasteiger partial charge >= 0.3 is 0 Å². The molecule has 7 heteroatoms. The van der Waals surface area contributed by atoms with Gasteiger partial charge in [-0.05, 0) is 36.4 Å². The van der Waals surface area contributed by atoms with Crippen molar-refractivity contribution in [3.8, 4) is 0 Å². The lowest BCUT2D eigenvalue weighted by molar-refractivity contribution is 0.102. The van der Waals surface area contributed by atoms with E-state index in [2.05, 4.69) is 32.2 Å². The van der Waals surface area contributed by atoms with E-state index >= 15 is 0 Å². The van der Waals surface area contributed by atoms with E-state index in [-0.39, 0.29) is 5.91 Å². The lowest BCUT2D eigenvalue weighted by atomic mass is 10.1. The molecule has 1 N–H and O–H groups in total. The topological polar surface area (TPSA) is 66.9 Å². The van der Waals surface area contributed by atoms with Crippen LogP contribution >= 0.6 is 0 Å². The van der Waals surface area contributed by atoms with Crippen LogP contribution in [0.2, 0.25) is 0 Å². The number of carbonyl (C=O) groups is 1. The van der Waals surface area contributed by atoms with Gasteiger partial charge in [0.2, 0.25) is 0 Å². The molecule has 2 aliphatic rings. The Morgan fingerprint density at radius 3 is 2.39 bits per heavy atom. The summed E-state index contributed by atoms with van der Waals surface area (Å²) in [5.74, 6) is -0.132. The van der Waals surface area contributed by atoms with Gasteiger partial charge in [-0.15, -0.1) is 0 Å². The molecule has 0 aliphatic carbocycles. The molecule has 3 aromatic rings. The quantitative estimate of drug-likeness (QED) is 0.702. The third kappa shape index (κ3) is 4.19. The highest BCUT2D eigenvalue weighted by Crippen LogP contribution is 2.33. The number of anilines is 3. The summed E-state index contributed by atoms with van der Waals surface area (Å²) in [5.41, 5.74) is 4.42. The number of aromatic nitrogens is 1. The van der Waals surface area contributed by atoms with Gasteiger partial charge in [-0.3, -0.25) is 9.78 Å². The molecule has 3 heterocycles. The normalized spacial score (nSPS) is 17.0. The van der Waals surface area contributed by atoms with Crippen LogP contribution in [0.5, 0.6) is 0 Å². The minimum atomic E-state index is -0.132. The third-order valence-electron chi connectivity index (χ3n) is 5.85. The number of hydrogen-bond acceptors (Lipinski definition) is 6. The Kier molecular flexibility index (Phi) is 5.69. The average molecular weight is 418 g/mol. The van der Waals surface area contributed by atoms with E-state index < -0.39 is 0 Å². The fraction of sp³-hybridized carbons (Fsp3) is 0.333. The maximum absolute atomic E-state index is 13.2. The molecule has 0 saturated carbocycles. The number of nitrogens with zero attached hydrogens (tertiary/aromatic N) is 3. The summed E-state index contributed by atoms with van der Waals surface area (Å²) >= 11 is 0. The molecule has 0 spiro atoms. The SMILES string of the molecule is O=C(Nc1ccc(N2CCOCC2)cc1N1CCOCC1)c1cccc2ncccc12. The first kappa shape index (κ1) is 19.8. The van der Waals surface area contributed by atoms with E-state index in [1.54, 1.807) is 6.20 Å². The number of hydrogen-bond donors (Lipinski definition) is 1. The van der Waals surface area contributed by atoms with Crippen molar-refractivity contribution in [3.63, 3.8) is 0 Å². The van der Waals surface area contributed by atoms with Crippen molar-refractivity contribution >= 4 is 33.9 Å². The number of ether oxygens (including phenoxy) is 2. The monoisotopic (exact) mass is 418 g/mol. The maximum Gasteiger partial charge on any atom is 0.256 e. The second-order valence-electron chi connectivity index (χ2n) is 7.73. The lowest BCUT2D eigenvalue weighted by Crippen LogP contribution is -2.38. The highest BCUT2D eigenvalue weighted by atomic mass is 16.5. The first-order chi connectivity index (χ1) is 15.3. The summed E-state index contributed by atoms with van der Waals surface area (Å²) in [6, 6.07) is 15.7. The summed E-state index contributed by atoms with van der Waals surface area (Å²) in [5, 5.41) is 4.00. The molecule has 0 atom stereocenters. The van der Waals surface area contributed by atoms with E-state index in [0.717, 1.165) is 67.4 Å². The smallest absolute Gasteiger partial charge is 0.256 e. The van der Waals surface area contributed by atoms with Crippen LogP contribution in [0.25, 0.3) is 10.9 Å². The fourth-order valence-corrected chi connectivity index (χ4v) is 4.20. The molecule has 31 heavy (non-hydrogen) atoms. The fourth-order valence-electron chi connectivity index (χ4n) is 4.20. The van der Waals surface area contributed by atoms with Crippen LogP contribution < -0.4 is 15.1 Å².